The highest BCUT2D eigenvalue weighted by Gasteiger charge is 2.13. The third-order valence-electron chi connectivity index (χ3n) is 2.21. The number of hydrogen-bond acceptors (Lipinski definition) is 2. The van der Waals surface area contributed by atoms with Crippen LogP contribution in [0.4, 0.5) is 0 Å². The van der Waals surface area contributed by atoms with E-state index >= 15 is 0 Å². The minimum absolute atomic E-state index is 0.0436. The molecule has 0 saturated carbocycles. The van der Waals surface area contributed by atoms with Crippen LogP contribution in [0.5, 0.6) is 0 Å². The van der Waals surface area contributed by atoms with E-state index in [9.17, 15) is 4.79 Å². The highest BCUT2D eigenvalue weighted by atomic mass is 35.5. The Morgan fingerprint density at radius 2 is 1.87 bits per heavy atom. The van der Waals surface area contributed by atoms with Crippen LogP contribution in [0.25, 0.3) is 0 Å². The summed E-state index contributed by atoms with van der Waals surface area (Å²) < 4.78 is 5.08. The molecule has 15 heavy (non-hydrogen) atoms. The minimum atomic E-state index is -0.0436. The van der Waals surface area contributed by atoms with Gasteiger partial charge in [-0.25, -0.2) is 0 Å². The smallest absolute Gasteiger partial charge is 0.196 e. The Morgan fingerprint density at radius 3 is 2.40 bits per heavy atom. The third-order valence-corrected chi connectivity index (χ3v) is 2.46. The maximum absolute atomic E-state index is 11.9. The molecule has 0 saturated heterocycles. The van der Waals surface area contributed by atoms with Gasteiger partial charge in [-0.2, -0.15) is 0 Å². The minimum Gasteiger partial charge on any atom is -0.469 e. The van der Waals surface area contributed by atoms with Gasteiger partial charge in [0, 0.05) is 10.6 Å². The molecule has 0 spiro atoms. The van der Waals surface area contributed by atoms with Crippen LogP contribution >= 0.6 is 11.6 Å². The molecule has 0 aliphatic rings. The number of aryl methyl sites for hydroxylation is 1. The van der Waals surface area contributed by atoms with Gasteiger partial charge in [-0.1, -0.05) is 11.6 Å². The van der Waals surface area contributed by atoms with Crippen molar-refractivity contribution in [2.45, 2.75) is 6.92 Å². The van der Waals surface area contributed by atoms with Crippen LogP contribution in [0, 0.1) is 6.92 Å². The maximum Gasteiger partial charge on any atom is 0.196 e. The number of furan rings is 1. The molecule has 2 aromatic rings. The summed E-state index contributed by atoms with van der Waals surface area (Å²) in [6.07, 6.45) is 1.51. The van der Waals surface area contributed by atoms with Gasteiger partial charge in [0.05, 0.1) is 11.8 Å². The Bertz CT molecular complexity index is 483. The second kappa shape index (κ2) is 3.91. The number of carbonyl (C=O) groups excluding carboxylic acids is 1. The van der Waals surface area contributed by atoms with Crippen molar-refractivity contribution in [1.29, 1.82) is 0 Å². The number of benzene rings is 1. The van der Waals surface area contributed by atoms with Gasteiger partial charge in [-0.05, 0) is 37.3 Å². The van der Waals surface area contributed by atoms with E-state index in [1.165, 1.54) is 6.26 Å². The largest absolute Gasteiger partial charge is 0.469 e. The Morgan fingerprint density at radius 1 is 1.20 bits per heavy atom. The van der Waals surface area contributed by atoms with Gasteiger partial charge in [0.15, 0.2) is 5.78 Å². The summed E-state index contributed by atoms with van der Waals surface area (Å²) in [6, 6.07) is 8.48. The number of halogens is 1. The van der Waals surface area contributed by atoms with Gasteiger partial charge in [0.1, 0.15) is 5.76 Å². The molecule has 1 aromatic carbocycles. The van der Waals surface area contributed by atoms with E-state index in [1.807, 2.05) is 0 Å². The fourth-order valence-corrected chi connectivity index (χ4v) is 1.50. The molecular weight excluding hydrogens is 212 g/mol. The maximum atomic E-state index is 11.9. The first-order chi connectivity index (χ1) is 7.18. The quantitative estimate of drug-likeness (QED) is 0.726. The van der Waals surface area contributed by atoms with Crippen LogP contribution in [0.15, 0.2) is 41.0 Å². The lowest BCUT2D eigenvalue weighted by Gasteiger charge is -1.99. The van der Waals surface area contributed by atoms with Gasteiger partial charge in [0.2, 0.25) is 0 Å². The zero-order valence-electron chi connectivity index (χ0n) is 8.16. The second-order valence-electron chi connectivity index (χ2n) is 3.23. The van der Waals surface area contributed by atoms with Crippen LogP contribution < -0.4 is 0 Å². The van der Waals surface area contributed by atoms with Crippen LogP contribution in [0.3, 0.4) is 0 Å². The van der Waals surface area contributed by atoms with Crippen molar-refractivity contribution in [3.8, 4) is 0 Å². The summed E-state index contributed by atoms with van der Waals surface area (Å²) in [6.45, 7) is 1.77. The van der Waals surface area contributed by atoms with Crippen LogP contribution in [0.2, 0.25) is 5.02 Å². The van der Waals surface area contributed by atoms with Crippen molar-refractivity contribution in [2.24, 2.45) is 0 Å². The van der Waals surface area contributed by atoms with Crippen LogP contribution in [-0.2, 0) is 0 Å². The van der Waals surface area contributed by atoms with Gasteiger partial charge in [-0.3, -0.25) is 4.79 Å². The Balaban J connectivity index is 2.37. The standard InChI is InChI=1S/C12H9ClO2/c1-8-11(6-7-15-8)12(14)9-2-4-10(13)5-3-9/h2-7H,1H3. The van der Waals surface area contributed by atoms with E-state index in [1.54, 1.807) is 37.3 Å². The predicted octanol–water partition coefficient (Wildman–Crippen LogP) is 3.47. The summed E-state index contributed by atoms with van der Waals surface area (Å²) in [5.41, 5.74) is 1.21. The first-order valence-corrected chi connectivity index (χ1v) is 4.90. The Hall–Kier alpha value is -1.54. The molecule has 0 N–H and O–H groups in total. The molecule has 2 rings (SSSR count). The zero-order valence-corrected chi connectivity index (χ0v) is 8.91. The third kappa shape index (κ3) is 1.95. The molecule has 0 amide bonds. The van der Waals surface area contributed by atoms with Gasteiger partial charge < -0.3 is 4.42 Å². The van der Waals surface area contributed by atoms with Crippen molar-refractivity contribution >= 4 is 17.4 Å². The molecule has 0 aliphatic carbocycles. The lowest BCUT2D eigenvalue weighted by Crippen LogP contribution is -2.00. The van der Waals surface area contributed by atoms with Gasteiger partial charge in [-0.15, -0.1) is 0 Å². The molecule has 2 nitrogen and oxygen atoms in total. The average molecular weight is 221 g/mol. The summed E-state index contributed by atoms with van der Waals surface area (Å²) in [4.78, 5) is 11.9. The molecule has 0 unspecified atom stereocenters. The van der Waals surface area contributed by atoms with E-state index in [4.69, 9.17) is 16.0 Å². The highest BCUT2D eigenvalue weighted by molar-refractivity contribution is 6.30. The highest BCUT2D eigenvalue weighted by Crippen LogP contribution is 2.16. The summed E-state index contributed by atoms with van der Waals surface area (Å²) in [5, 5.41) is 0.621. The molecule has 0 aliphatic heterocycles. The molecule has 0 atom stereocenters. The molecule has 1 heterocycles. The van der Waals surface area contributed by atoms with Crippen LogP contribution in [0.1, 0.15) is 21.7 Å². The molecule has 1 aromatic heterocycles. The molecule has 3 heteroatoms. The summed E-state index contributed by atoms with van der Waals surface area (Å²) in [5.74, 6) is 0.591. The SMILES string of the molecule is Cc1occc1C(=O)c1ccc(Cl)cc1. The normalized spacial score (nSPS) is 10.3. The number of rotatable bonds is 2. The number of ketones is 1. The fraction of sp³-hybridized carbons (Fsp3) is 0.0833. The van der Waals surface area contributed by atoms with Gasteiger partial charge in [0.25, 0.3) is 0 Å². The summed E-state index contributed by atoms with van der Waals surface area (Å²) >= 11 is 5.74. The topological polar surface area (TPSA) is 30.2 Å². The van der Waals surface area contributed by atoms with Crippen molar-refractivity contribution in [3.63, 3.8) is 0 Å². The fourth-order valence-electron chi connectivity index (χ4n) is 1.38. The lowest BCUT2D eigenvalue weighted by atomic mass is 10.0. The summed E-state index contributed by atoms with van der Waals surface area (Å²) in [7, 11) is 0. The van der Waals surface area contributed by atoms with E-state index < -0.39 is 0 Å². The van der Waals surface area contributed by atoms with Gasteiger partial charge >= 0.3 is 0 Å². The average Bonchev–Trinajstić information content (AvgIpc) is 2.65. The molecule has 0 fully saturated rings. The Kier molecular flexibility index (Phi) is 2.60. The predicted molar refractivity (Wildman–Crippen MR) is 58.3 cm³/mol. The first kappa shape index (κ1) is 9.99. The Labute approximate surface area is 92.5 Å². The monoisotopic (exact) mass is 220 g/mol. The number of hydrogen-bond donors (Lipinski definition) is 0. The van der Waals surface area contributed by atoms with E-state index in [0.717, 1.165) is 0 Å². The zero-order chi connectivity index (χ0) is 10.8. The van der Waals surface area contributed by atoms with E-state index in [-0.39, 0.29) is 5.78 Å². The number of carbonyl (C=O) groups is 1. The molecule has 76 valence electrons. The molecular formula is C12H9ClO2. The van der Waals surface area contributed by atoms with Crippen molar-refractivity contribution in [2.75, 3.05) is 0 Å². The molecule has 0 bridgehead atoms. The van der Waals surface area contributed by atoms with Crippen molar-refractivity contribution in [3.05, 3.63) is 58.5 Å². The van der Waals surface area contributed by atoms with Crippen LogP contribution in [-0.4, -0.2) is 5.78 Å². The van der Waals surface area contributed by atoms with Crippen molar-refractivity contribution < 1.29 is 9.21 Å². The molecule has 0 radical (unpaired) electrons. The second-order valence-corrected chi connectivity index (χ2v) is 3.66. The van der Waals surface area contributed by atoms with E-state index in [0.29, 0.717) is 21.9 Å². The van der Waals surface area contributed by atoms with Crippen molar-refractivity contribution in [1.82, 2.24) is 0 Å². The van der Waals surface area contributed by atoms with E-state index in [2.05, 4.69) is 0 Å². The first-order valence-electron chi connectivity index (χ1n) is 4.53. The lowest BCUT2D eigenvalue weighted by molar-refractivity contribution is 0.103.